The summed E-state index contributed by atoms with van der Waals surface area (Å²) in [5, 5.41) is 19.8. The van der Waals surface area contributed by atoms with Crippen molar-refractivity contribution < 1.29 is 24.4 Å². The summed E-state index contributed by atoms with van der Waals surface area (Å²) in [5.74, 6) is 0.161. The van der Waals surface area contributed by atoms with Crippen LogP contribution in [0.25, 0.3) is 0 Å². The maximum absolute atomic E-state index is 10.2. The van der Waals surface area contributed by atoms with Gasteiger partial charge in [-0.15, -0.1) is 0 Å². The van der Waals surface area contributed by atoms with E-state index in [-0.39, 0.29) is 24.2 Å². The Kier molecular flexibility index (Phi) is 4.21. The second-order valence-electron chi connectivity index (χ2n) is 5.27. The molecule has 1 aromatic carbocycles. The zero-order chi connectivity index (χ0) is 14.8. The maximum Gasteiger partial charge on any atom is 0.155 e. The van der Waals surface area contributed by atoms with Gasteiger partial charge in [-0.1, -0.05) is 12.1 Å². The molecule has 2 heterocycles. The number of aliphatic imine (C=N–C) groups is 1. The molecule has 1 unspecified atom stereocenters. The molecule has 6 heteroatoms. The Bertz CT molecular complexity index is 521. The quantitative estimate of drug-likeness (QED) is 0.797. The van der Waals surface area contributed by atoms with Crippen LogP contribution in [-0.2, 0) is 14.2 Å². The number of nitrogens with zero attached hydrogens (tertiary/aromatic N) is 1. The molecule has 21 heavy (non-hydrogen) atoms. The SMILES string of the molecule is CC1OC[C@H]2O[C@@H](/N=C/c3ccccc3O)C[C@@H](O)[C@@H]2O1. The van der Waals surface area contributed by atoms with E-state index in [2.05, 4.69) is 4.99 Å². The van der Waals surface area contributed by atoms with Gasteiger partial charge in [-0.3, -0.25) is 4.99 Å². The first-order chi connectivity index (χ1) is 10.1. The van der Waals surface area contributed by atoms with Gasteiger partial charge >= 0.3 is 0 Å². The summed E-state index contributed by atoms with van der Waals surface area (Å²) in [7, 11) is 0. The van der Waals surface area contributed by atoms with E-state index in [1.165, 1.54) is 0 Å². The van der Waals surface area contributed by atoms with Crippen molar-refractivity contribution in [1.29, 1.82) is 0 Å². The molecule has 5 atom stereocenters. The van der Waals surface area contributed by atoms with Gasteiger partial charge in [0.25, 0.3) is 0 Å². The van der Waals surface area contributed by atoms with Crippen LogP contribution in [0.15, 0.2) is 29.3 Å². The summed E-state index contributed by atoms with van der Waals surface area (Å²) in [5.41, 5.74) is 0.613. The molecule has 1 aromatic rings. The van der Waals surface area contributed by atoms with Crippen LogP contribution in [0.4, 0.5) is 0 Å². The van der Waals surface area contributed by atoms with Gasteiger partial charge in [0.15, 0.2) is 12.5 Å². The molecule has 2 aliphatic rings. The van der Waals surface area contributed by atoms with Gasteiger partial charge in [0.1, 0.15) is 18.0 Å². The van der Waals surface area contributed by atoms with Crippen LogP contribution in [0.5, 0.6) is 5.75 Å². The molecule has 2 N–H and O–H groups in total. The number of phenolic OH excluding ortho intramolecular Hbond substituents is 1. The summed E-state index contributed by atoms with van der Waals surface area (Å²) in [6.45, 7) is 2.18. The van der Waals surface area contributed by atoms with Crippen molar-refractivity contribution in [3.8, 4) is 5.75 Å². The Labute approximate surface area is 123 Å². The highest BCUT2D eigenvalue weighted by molar-refractivity contribution is 5.83. The van der Waals surface area contributed by atoms with E-state index in [1.807, 2.05) is 6.07 Å². The molecule has 0 bridgehead atoms. The number of hydrogen-bond acceptors (Lipinski definition) is 6. The van der Waals surface area contributed by atoms with Crippen LogP contribution in [0.3, 0.4) is 0 Å². The fourth-order valence-corrected chi connectivity index (χ4v) is 2.58. The topological polar surface area (TPSA) is 80.5 Å². The molecule has 114 valence electrons. The van der Waals surface area contributed by atoms with Gasteiger partial charge in [0, 0.05) is 18.2 Å². The fraction of sp³-hybridized carbons (Fsp3) is 0.533. The summed E-state index contributed by atoms with van der Waals surface area (Å²) in [6, 6.07) is 6.92. The van der Waals surface area contributed by atoms with Crippen LogP contribution in [-0.4, -0.2) is 53.9 Å². The molecule has 3 rings (SSSR count). The van der Waals surface area contributed by atoms with Crippen LogP contribution >= 0.6 is 0 Å². The second-order valence-corrected chi connectivity index (χ2v) is 5.27. The van der Waals surface area contributed by atoms with Crippen molar-refractivity contribution in [2.75, 3.05) is 6.61 Å². The van der Waals surface area contributed by atoms with Crippen LogP contribution < -0.4 is 0 Å². The minimum atomic E-state index is -0.637. The Morgan fingerprint density at radius 3 is 2.90 bits per heavy atom. The van der Waals surface area contributed by atoms with Crippen molar-refractivity contribution in [3.63, 3.8) is 0 Å². The minimum absolute atomic E-state index is 0.161. The number of para-hydroxylation sites is 1. The molecule has 2 aliphatic heterocycles. The predicted octanol–water partition coefficient (Wildman–Crippen LogP) is 1.05. The largest absolute Gasteiger partial charge is 0.507 e. The van der Waals surface area contributed by atoms with Crippen molar-refractivity contribution in [2.24, 2.45) is 4.99 Å². The lowest BCUT2D eigenvalue weighted by Gasteiger charge is -2.42. The van der Waals surface area contributed by atoms with Crippen molar-refractivity contribution in [3.05, 3.63) is 29.8 Å². The molecule has 6 nitrogen and oxygen atoms in total. The van der Waals surface area contributed by atoms with E-state index in [0.29, 0.717) is 18.6 Å². The van der Waals surface area contributed by atoms with Crippen molar-refractivity contribution in [2.45, 2.75) is 44.2 Å². The third-order valence-corrected chi connectivity index (χ3v) is 3.68. The summed E-state index contributed by atoms with van der Waals surface area (Å²) in [6.07, 6.45) is -0.214. The Hall–Kier alpha value is -1.47. The Balaban J connectivity index is 1.67. The molecule has 0 aromatic heterocycles. The molecule has 0 radical (unpaired) electrons. The van der Waals surface area contributed by atoms with Crippen molar-refractivity contribution in [1.82, 2.24) is 0 Å². The second kappa shape index (κ2) is 6.11. The molecule has 2 saturated heterocycles. The normalized spacial score (nSPS) is 36.6. The maximum atomic E-state index is 10.2. The summed E-state index contributed by atoms with van der Waals surface area (Å²) < 4.78 is 16.7. The number of rotatable bonds is 2. The first-order valence-electron chi connectivity index (χ1n) is 7.05. The zero-order valence-electron chi connectivity index (χ0n) is 11.8. The van der Waals surface area contributed by atoms with E-state index in [1.54, 1.807) is 31.3 Å². The van der Waals surface area contributed by atoms with Gasteiger partial charge in [-0.2, -0.15) is 0 Å². The molecule has 0 amide bonds. The Morgan fingerprint density at radius 2 is 2.10 bits per heavy atom. The third kappa shape index (κ3) is 3.24. The zero-order valence-corrected chi connectivity index (χ0v) is 11.8. The number of aromatic hydroxyl groups is 1. The number of phenols is 1. The monoisotopic (exact) mass is 293 g/mol. The fourth-order valence-electron chi connectivity index (χ4n) is 2.58. The number of aliphatic hydroxyl groups excluding tert-OH is 1. The van der Waals surface area contributed by atoms with Crippen LogP contribution in [0.2, 0.25) is 0 Å². The highest BCUT2D eigenvalue weighted by Crippen LogP contribution is 2.28. The van der Waals surface area contributed by atoms with Crippen LogP contribution in [0, 0.1) is 0 Å². The van der Waals surface area contributed by atoms with Crippen LogP contribution in [0.1, 0.15) is 18.9 Å². The van der Waals surface area contributed by atoms with Gasteiger partial charge in [-0.25, -0.2) is 0 Å². The Morgan fingerprint density at radius 1 is 1.29 bits per heavy atom. The molecule has 0 saturated carbocycles. The minimum Gasteiger partial charge on any atom is -0.507 e. The molecular formula is C15H19NO5. The lowest BCUT2D eigenvalue weighted by molar-refractivity contribution is -0.299. The molecule has 0 aliphatic carbocycles. The summed E-state index contributed by atoms with van der Waals surface area (Å²) in [4.78, 5) is 4.30. The van der Waals surface area contributed by atoms with E-state index in [9.17, 15) is 10.2 Å². The smallest absolute Gasteiger partial charge is 0.155 e. The lowest BCUT2D eigenvalue weighted by Crippen LogP contribution is -2.55. The highest BCUT2D eigenvalue weighted by Gasteiger charge is 2.42. The number of fused-ring (bicyclic) bond motifs is 1. The average Bonchev–Trinajstić information content (AvgIpc) is 2.47. The van der Waals surface area contributed by atoms with Crippen molar-refractivity contribution >= 4 is 6.21 Å². The van der Waals surface area contributed by atoms with Gasteiger partial charge in [0.05, 0.1) is 12.7 Å². The third-order valence-electron chi connectivity index (χ3n) is 3.68. The van der Waals surface area contributed by atoms with E-state index in [4.69, 9.17) is 14.2 Å². The number of hydrogen-bond donors (Lipinski definition) is 2. The average molecular weight is 293 g/mol. The summed E-state index contributed by atoms with van der Waals surface area (Å²) >= 11 is 0. The standard InChI is InChI=1S/C15H19NO5/c1-9-19-8-13-15(20-9)12(18)6-14(21-13)16-7-10-4-2-3-5-11(10)17/h2-5,7,9,12-15,17-18H,6,8H2,1H3/b16-7+/t9?,12-,13-,14-,15+/m1/s1. The first-order valence-corrected chi connectivity index (χ1v) is 7.05. The predicted molar refractivity (Wildman–Crippen MR) is 75.3 cm³/mol. The molecular weight excluding hydrogens is 274 g/mol. The van der Waals surface area contributed by atoms with Gasteiger partial charge in [-0.05, 0) is 19.1 Å². The van der Waals surface area contributed by atoms with E-state index in [0.717, 1.165) is 0 Å². The highest BCUT2D eigenvalue weighted by atomic mass is 16.7. The van der Waals surface area contributed by atoms with Gasteiger partial charge < -0.3 is 24.4 Å². The van der Waals surface area contributed by atoms with E-state index >= 15 is 0 Å². The molecule has 0 spiro atoms. The van der Waals surface area contributed by atoms with Gasteiger partial charge in [0.2, 0.25) is 0 Å². The lowest BCUT2D eigenvalue weighted by atomic mass is 10.0. The number of ether oxygens (including phenoxy) is 3. The number of benzene rings is 1. The number of aliphatic hydroxyl groups is 1. The molecule has 2 fully saturated rings. The van der Waals surface area contributed by atoms with E-state index < -0.39 is 12.3 Å². The first kappa shape index (κ1) is 14.5.